The van der Waals surface area contributed by atoms with E-state index < -0.39 is 5.60 Å². The first kappa shape index (κ1) is 12.0. The van der Waals surface area contributed by atoms with Gasteiger partial charge in [-0.25, -0.2) is 0 Å². The van der Waals surface area contributed by atoms with Crippen LogP contribution in [0.5, 0.6) is 0 Å². The van der Waals surface area contributed by atoms with Gasteiger partial charge in [-0.3, -0.25) is 4.90 Å². The number of rotatable bonds is 3. The topological polar surface area (TPSA) is 43.7 Å². The van der Waals surface area contributed by atoms with Crippen molar-refractivity contribution in [1.82, 2.24) is 4.90 Å². The van der Waals surface area contributed by atoms with Crippen LogP contribution in [0.1, 0.15) is 33.6 Å². The third-order valence-electron chi connectivity index (χ3n) is 3.27. The highest BCUT2D eigenvalue weighted by Gasteiger charge is 2.29. The van der Waals surface area contributed by atoms with Crippen molar-refractivity contribution in [2.24, 2.45) is 5.92 Å². The van der Waals surface area contributed by atoms with Gasteiger partial charge in [0.2, 0.25) is 0 Å². The van der Waals surface area contributed by atoms with Crippen molar-refractivity contribution in [3.05, 3.63) is 0 Å². The highest BCUT2D eigenvalue weighted by molar-refractivity contribution is 4.83. The average Bonchev–Trinajstić information content (AvgIpc) is 2.02. The van der Waals surface area contributed by atoms with E-state index in [1.54, 1.807) is 0 Å². The highest BCUT2D eigenvalue weighted by Crippen LogP contribution is 2.20. The van der Waals surface area contributed by atoms with Crippen LogP contribution < -0.4 is 0 Å². The fourth-order valence-electron chi connectivity index (χ4n) is 1.81. The Bertz CT molecular complexity index is 180. The molecule has 1 aliphatic rings. The number of likely N-dealkylation sites (tertiary alicyclic amines) is 1. The minimum absolute atomic E-state index is 0.202. The van der Waals surface area contributed by atoms with Gasteiger partial charge in [-0.2, -0.15) is 0 Å². The van der Waals surface area contributed by atoms with Crippen LogP contribution in [0.4, 0.5) is 0 Å². The number of piperidine rings is 1. The van der Waals surface area contributed by atoms with E-state index >= 15 is 0 Å². The maximum absolute atomic E-state index is 10.1. The van der Waals surface area contributed by atoms with Crippen molar-refractivity contribution in [2.75, 3.05) is 19.6 Å². The fourth-order valence-corrected chi connectivity index (χ4v) is 1.81. The number of hydrogen-bond donors (Lipinski definition) is 2. The number of aliphatic hydroxyl groups excluding tert-OH is 1. The molecule has 1 saturated heterocycles. The summed E-state index contributed by atoms with van der Waals surface area (Å²) in [7, 11) is 0. The van der Waals surface area contributed by atoms with E-state index in [4.69, 9.17) is 0 Å². The number of aliphatic hydroxyl groups is 2. The van der Waals surface area contributed by atoms with Crippen LogP contribution in [0, 0.1) is 5.92 Å². The number of hydrogen-bond acceptors (Lipinski definition) is 3. The minimum Gasteiger partial charge on any atom is -0.392 e. The molecule has 0 radical (unpaired) electrons. The van der Waals surface area contributed by atoms with Gasteiger partial charge in [-0.05, 0) is 32.2 Å². The first-order valence-corrected chi connectivity index (χ1v) is 5.54. The van der Waals surface area contributed by atoms with E-state index in [0.29, 0.717) is 13.1 Å². The summed E-state index contributed by atoms with van der Waals surface area (Å²) in [6.07, 6.45) is 1.74. The molecule has 0 aromatic heterocycles. The Morgan fingerprint density at radius 2 is 2.14 bits per heavy atom. The molecule has 1 rings (SSSR count). The van der Waals surface area contributed by atoms with E-state index in [0.717, 1.165) is 19.4 Å². The van der Waals surface area contributed by atoms with Gasteiger partial charge >= 0.3 is 0 Å². The van der Waals surface area contributed by atoms with Gasteiger partial charge in [-0.1, -0.05) is 13.8 Å². The first-order valence-electron chi connectivity index (χ1n) is 5.54. The molecule has 0 saturated carbocycles. The monoisotopic (exact) mass is 201 g/mol. The minimum atomic E-state index is -0.642. The molecule has 14 heavy (non-hydrogen) atoms. The maximum Gasteiger partial charge on any atom is 0.0768 e. The van der Waals surface area contributed by atoms with Gasteiger partial charge in [0.1, 0.15) is 0 Å². The number of nitrogens with zero attached hydrogens (tertiary/aromatic N) is 1. The van der Waals surface area contributed by atoms with Crippen molar-refractivity contribution >= 4 is 0 Å². The molecule has 3 nitrogen and oxygen atoms in total. The summed E-state index contributed by atoms with van der Waals surface area (Å²) in [6, 6.07) is 0. The second-order valence-electron chi connectivity index (χ2n) is 5.04. The molecule has 0 amide bonds. The van der Waals surface area contributed by atoms with E-state index in [2.05, 4.69) is 4.90 Å². The van der Waals surface area contributed by atoms with E-state index in [1.807, 2.05) is 20.8 Å². The Hall–Kier alpha value is -0.120. The Morgan fingerprint density at radius 3 is 2.64 bits per heavy atom. The van der Waals surface area contributed by atoms with Crippen molar-refractivity contribution < 1.29 is 10.2 Å². The summed E-state index contributed by atoms with van der Waals surface area (Å²) in [6.45, 7) is 8.31. The van der Waals surface area contributed by atoms with Crippen molar-refractivity contribution in [3.63, 3.8) is 0 Å². The van der Waals surface area contributed by atoms with Crippen LogP contribution in [-0.2, 0) is 0 Å². The molecular weight excluding hydrogens is 178 g/mol. The van der Waals surface area contributed by atoms with E-state index in [9.17, 15) is 10.2 Å². The normalized spacial score (nSPS) is 29.1. The molecule has 2 atom stereocenters. The van der Waals surface area contributed by atoms with Gasteiger partial charge < -0.3 is 10.2 Å². The third kappa shape index (κ3) is 3.23. The lowest BCUT2D eigenvalue weighted by molar-refractivity contribution is -0.0373. The quantitative estimate of drug-likeness (QED) is 0.711. The zero-order valence-electron chi connectivity index (χ0n) is 9.53. The Morgan fingerprint density at radius 1 is 1.50 bits per heavy atom. The van der Waals surface area contributed by atoms with Crippen LogP contribution in [0.3, 0.4) is 0 Å². The molecule has 84 valence electrons. The Kier molecular flexibility index (Phi) is 3.93. The summed E-state index contributed by atoms with van der Waals surface area (Å²) < 4.78 is 0. The van der Waals surface area contributed by atoms with Crippen LogP contribution in [0.15, 0.2) is 0 Å². The summed E-state index contributed by atoms with van der Waals surface area (Å²) in [5.41, 5.74) is -0.642. The van der Waals surface area contributed by atoms with Gasteiger partial charge in [0.25, 0.3) is 0 Å². The Balaban J connectivity index is 2.43. The molecule has 1 unspecified atom stereocenters. The summed E-state index contributed by atoms with van der Waals surface area (Å²) >= 11 is 0. The molecule has 0 aromatic carbocycles. The van der Waals surface area contributed by atoms with Crippen LogP contribution in [0.25, 0.3) is 0 Å². The van der Waals surface area contributed by atoms with Gasteiger partial charge in [-0.15, -0.1) is 0 Å². The van der Waals surface area contributed by atoms with Crippen LogP contribution >= 0.6 is 0 Å². The second-order valence-corrected chi connectivity index (χ2v) is 5.04. The zero-order valence-corrected chi connectivity index (χ0v) is 9.53. The molecule has 0 spiro atoms. The van der Waals surface area contributed by atoms with Gasteiger partial charge in [0, 0.05) is 13.1 Å². The van der Waals surface area contributed by atoms with Crippen LogP contribution in [-0.4, -0.2) is 46.5 Å². The second kappa shape index (κ2) is 4.60. The van der Waals surface area contributed by atoms with Crippen molar-refractivity contribution in [3.8, 4) is 0 Å². The average molecular weight is 201 g/mol. The highest BCUT2D eigenvalue weighted by atomic mass is 16.3. The third-order valence-corrected chi connectivity index (χ3v) is 3.27. The zero-order chi connectivity index (χ0) is 10.8. The van der Waals surface area contributed by atoms with E-state index in [-0.39, 0.29) is 12.0 Å². The van der Waals surface area contributed by atoms with Crippen LogP contribution in [0.2, 0.25) is 0 Å². The first-order chi connectivity index (χ1) is 6.42. The standard InChI is InChI=1S/C11H23NO2/c1-9(2)11(3,14)8-12-6-4-5-10(13)7-12/h9-10,13-14H,4-8H2,1-3H3/t10-,11?/m0/s1. The van der Waals surface area contributed by atoms with Crippen molar-refractivity contribution in [2.45, 2.75) is 45.3 Å². The fraction of sp³-hybridized carbons (Fsp3) is 1.00. The molecule has 0 bridgehead atoms. The molecular formula is C11H23NO2. The SMILES string of the molecule is CC(C)C(C)(O)CN1CCC[C@H](O)C1. The predicted molar refractivity (Wildman–Crippen MR) is 57.1 cm³/mol. The summed E-state index contributed by atoms with van der Waals surface area (Å²) in [5.74, 6) is 0.251. The smallest absolute Gasteiger partial charge is 0.0768 e. The van der Waals surface area contributed by atoms with E-state index in [1.165, 1.54) is 0 Å². The summed E-state index contributed by atoms with van der Waals surface area (Å²) in [4.78, 5) is 2.16. The predicted octanol–water partition coefficient (Wildman–Crippen LogP) is 0.850. The summed E-state index contributed by atoms with van der Waals surface area (Å²) in [5, 5.41) is 19.6. The lowest BCUT2D eigenvalue weighted by Gasteiger charge is -2.37. The molecule has 0 aliphatic carbocycles. The molecule has 1 heterocycles. The maximum atomic E-state index is 10.1. The molecule has 1 aliphatic heterocycles. The van der Waals surface area contributed by atoms with Gasteiger partial charge in [0.05, 0.1) is 11.7 Å². The van der Waals surface area contributed by atoms with Gasteiger partial charge in [0.15, 0.2) is 0 Å². The molecule has 0 aromatic rings. The molecule has 3 heteroatoms. The molecule has 2 N–H and O–H groups in total. The number of β-amino-alcohol motifs (C(OH)–C–C–N with tert-alkyl or cyclic N) is 2. The van der Waals surface area contributed by atoms with Crippen molar-refractivity contribution in [1.29, 1.82) is 0 Å². The largest absolute Gasteiger partial charge is 0.392 e. The Labute approximate surface area is 86.7 Å². The lowest BCUT2D eigenvalue weighted by atomic mass is 9.91. The lowest BCUT2D eigenvalue weighted by Crippen LogP contribution is -2.49. The molecule has 1 fully saturated rings.